The van der Waals surface area contributed by atoms with Gasteiger partial charge < -0.3 is 10.4 Å². The van der Waals surface area contributed by atoms with Gasteiger partial charge >= 0.3 is 0 Å². The molecule has 0 atom stereocenters. The maximum Gasteiger partial charge on any atom is 0.128 e. The molecule has 3 aromatic heterocycles. The summed E-state index contributed by atoms with van der Waals surface area (Å²) < 4.78 is 1.08. The summed E-state index contributed by atoms with van der Waals surface area (Å²) in [5.74, 6) is 0.210. The number of aromatic hydroxyl groups is 1. The average molecular weight is 412 g/mol. The van der Waals surface area contributed by atoms with Crippen LogP contribution in [0.1, 0.15) is 12.1 Å². The Balaban J connectivity index is 0.00000192. The Bertz CT molecular complexity index is 1150. The molecular formula is C20H18ClN5OS. The molecule has 3 N–H and O–H groups in total. The van der Waals surface area contributed by atoms with Crippen molar-refractivity contribution in [3.05, 3.63) is 54.6 Å². The summed E-state index contributed by atoms with van der Waals surface area (Å²) in [5.41, 5.74) is 5.72. The molecule has 0 saturated carbocycles. The van der Waals surface area contributed by atoms with E-state index in [4.69, 9.17) is 0 Å². The van der Waals surface area contributed by atoms with E-state index in [1.165, 1.54) is 5.57 Å². The second kappa shape index (κ2) is 7.71. The largest absolute Gasteiger partial charge is 0.507 e. The van der Waals surface area contributed by atoms with Crippen molar-refractivity contribution in [1.29, 1.82) is 0 Å². The van der Waals surface area contributed by atoms with Crippen LogP contribution in [0.15, 0.2) is 48.9 Å². The fourth-order valence-electron chi connectivity index (χ4n) is 3.28. The fraction of sp³-hybridized carbons (Fsp3) is 0.150. The summed E-state index contributed by atoms with van der Waals surface area (Å²) in [6, 6.07) is 7.72. The number of hydrogen-bond donors (Lipinski definition) is 3. The van der Waals surface area contributed by atoms with E-state index >= 15 is 0 Å². The van der Waals surface area contributed by atoms with Gasteiger partial charge in [-0.25, -0.2) is 4.98 Å². The number of fused-ring (bicyclic) bond motifs is 1. The minimum Gasteiger partial charge on any atom is -0.507 e. The molecule has 5 rings (SSSR count). The molecule has 142 valence electrons. The second-order valence-corrected chi connectivity index (χ2v) is 7.49. The van der Waals surface area contributed by atoms with Gasteiger partial charge in [0.1, 0.15) is 16.3 Å². The molecule has 6 nitrogen and oxygen atoms in total. The van der Waals surface area contributed by atoms with Gasteiger partial charge in [-0.2, -0.15) is 5.10 Å². The standard InChI is InChI=1S/C20H17N5OS.ClH/c26-18-7-13(14-9-23-24-10-14)1-2-15(18)20-25-17-11-22-16(8-19(17)27-20)12-3-5-21-6-4-12;/h1-3,7-11,21,26H,4-6H2,(H,23,24);1H. The highest BCUT2D eigenvalue weighted by molar-refractivity contribution is 7.21. The summed E-state index contributed by atoms with van der Waals surface area (Å²) in [6.07, 6.45) is 8.54. The normalized spacial score (nSPS) is 13.9. The van der Waals surface area contributed by atoms with Gasteiger partial charge in [-0.1, -0.05) is 12.1 Å². The van der Waals surface area contributed by atoms with Crippen LogP contribution in [0.3, 0.4) is 0 Å². The van der Waals surface area contributed by atoms with Crippen LogP contribution >= 0.6 is 23.7 Å². The summed E-state index contributed by atoms with van der Waals surface area (Å²) in [6.45, 7) is 1.87. The van der Waals surface area contributed by atoms with Crippen molar-refractivity contribution in [2.24, 2.45) is 0 Å². The number of aromatic amines is 1. The third-order valence-electron chi connectivity index (χ3n) is 4.73. The molecule has 1 aliphatic rings. The molecule has 1 aliphatic heterocycles. The van der Waals surface area contributed by atoms with Crippen LogP contribution in [-0.4, -0.2) is 38.4 Å². The highest BCUT2D eigenvalue weighted by Gasteiger charge is 2.14. The highest BCUT2D eigenvalue weighted by atomic mass is 35.5. The zero-order valence-corrected chi connectivity index (χ0v) is 16.5. The first-order valence-electron chi connectivity index (χ1n) is 8.77. The number of pyridine rings is 1. The monoisotopic (exact) mass is 411 g/mol. The van der Waals surface area contributed by atoms with E-state index in [2.05, 4.69) is 37.6 Å². The van der Waals surface area contributed by atoms with E-state index in [0.717, 1.165) is 57.1 Å². The second-order valence-electron chi connectivity index (χ2n) is 6.46. The molecule has 8 heteroatoms. The van der Waals surface area contributed by atoms with Crippen LogP contribution in [0.2, 0.25) is 0 Å². The molecule has 4 aromatic rings. The molecule has 0 radical (unpaired) electrons. The SMILES string of the molecule is Cl.Oc1cc(-c2cn[nH]c2)ccc1-c1nc2cnc(C3=CCNCC3)cc2s1. The quantitative estimate of drug-likeness (QED) is 0.469. The van der Waals surface area contributed by atoms with Crippen molar-refractivity contribution in [1.82, 2.24) is 25.5 Å². The molecule has 0 aliphatic carbocycles. The Hall–Kier alpha value is -2.74. The Morgan fingerprint density at radius 3 is 2.79 bits per heavy atom. The molecule has 1 aromatic carbocycles. The summed E-state index contributed by atoms with van der Waals surface area (Å²) in [4.78, 5) is 9.25. The van der Waals surface area contributed by atoms with Crippen LogP contribution in [-0.2, 0) is 0 Å². The fourth-order valence-corrected chi connectivity index (χ4v) is 4.29. The van der Waals surface area contributed by atoms with Crippen molar-refractivity contribution < 1.29 is 5.11 Å². The topological polar surface area (TPSA) is 86.7 Å². The van der Waals surface area contributed by atoms with Gasteiger partial charge in [0.2, 0.25) is 0 Å². The number of thiazole rings is 1. The van der Waals surface area contributed by atoms with Crippen molar-refractivity contribution in [3.63, 3.8) is 0 Å². The van der Waals surface area contributed by atoms with Crippen molar-refractivity contribution >= 4 is 39.5 Å². The molecule has 0 saturated heterocycles. The number of benzene rings is 1. The number of nitrogens with one attached hydrogen (secondary N) is 2. The van der Waals surface area contributed by atoms with Gasteiger partial charge in [-0.05, 0) is 42.3 Å². The third-order valence-corrected chi connectivity index (χ3v) is 5.78. The highest BCUT2D eigenvalue weighted by Crippen LogP contribution is 2.37. The zero-order chi connectivity index (χ0) is 18.2. The van der Waals surface area contributed by atoms with Crippen molar-refractivity contribution in [2.75, 3.05) is 13.1 Å². The third kappa shape index (κ3) is 3.40. The Kier molecular flexibility index (Phi) is 5.13. The minimum atomic E-state index is 0. The summed E-state index contributed by atoms with van der Waals surface area (Å²) in [5, 5.41) is 21.4. The molecule has 0 unspecified atom stereocenters. The smallest absolute Gasteiger partial charge is 0.128 e. The van der Waals surface area contributed by atoms with Crippen molar-refractivity contribution in [3.8, 4) is 27.4 Å². The number of hydrogen-bond acceptors (Lipinski definition) is 6. The van der Waals surface area contributed by atoms with Crippen LogP contribution in [0.25, 0.3) is 37.5 Å². The molecule has 28 heavy (non-hydrogen) atoms. The first-order valence-corrected chi connectivity index (χ1v) is 9.59. The maximum atomic E-state index is 10.5. The van der Waals surface area contributed by atoms with E-state index in [-0.39, 0.29) is 18.2 Å². The van der Waals surface area contributed by atoms with Crippen LogP contribution in [0.4, 0.5) is 0 Å². The van der Waals surface area contributed by atoms with Gasteiger partial charge in [-0.15, -0.1) is 23.7 Å². The number of rotatable bonds is 3. The lowest BCUT2D eigenvalue weighted by Crippen LogP contribution is -2.20. The Labute approximate surface area is 171 Å². The van der Waals surface area contributed by atoms with Gasteiger partial charge in [0.15, 0.2) is 0 Å². The molecule has 0 amide bonds. The number of phenolic OH excluding ortho intramolecular Hbond substituents is 1. The van der Waals surface area contributed by atoms with Crippen LogP contribution in [0.5, 0.6) is 5.75 Å². The summed E-state index contributed by atoms with van der Waals surface area (Å²) >= 11 is 1.57. The number of phenols is 1. The minimum absolute atomic E-state index is 0. The maximum absolute atomic E-state index is 10.5. The number of nitrogens with zero attached hydrogens (tertiary/aromatic N) is 3. The lowest BCUT2D eigenvalue weighted by molar-refractivity contribution is 0.477. The van der Waals surface area contributed by atoms with Gasteiger partial charge in [0.05, 0.1) is 28.4 Å². The van der Waals surface area contributed by atoms with Gasteiger partial charge in [0.25, 0.3) is 0 Å². The molecule has 0 bridgehead atoms. The lowest BCUT2D eigenvalue weighted by Gasteiger charge is -2.13. The van der Waals surface area contributed by atoms with Crippen molar-refractivity contribution in [2.45, 2.75) is 6.42 Å². The number of aromatic nitrogens is 4. The molecule has 0 fully saturated rings. The molecule has 0 spiro atoms. The predicted octanol–water partition coefficient (Wildman–Crippen LogP) is 4.25. The van der Waals surface area contributed by atoms with E-state index < -0.39 is 0 Å². The lowest BCUT2D eigenvalue weighted by atomic mass is 10.1. The predicted molar refractivity (Wildman–Crippen MR) is 115 cm³/mol. The van der Waals surface area contributed by atoms with E-state index in [1.54, 1.807) is 29.8 Å². The van der Waals surface area contributed by atoms with E-state index in [1.807, 2.05) is 18.3 Å². The van der Waals surface area contributed by atoms with Gasteiger partial charge in [-0.3, -0.25) is 10.1 Å². The molecule has 4 heterocycles. The van der Waals surface area contributed by atoms with Gasteiger partial charge in [0, 0.05) is 18.3 Å². The summed E-state index contributed by atoms with van der Waals surface area (Å²) in [7, 11) is 0. The van der Waals surface area contributed by atoms with E-state index in [0.29, 0.717) is 0 Å². The Morgan fingerprint density at radius 2 is 2.04 bits per heavy atom. The van der Waals surface area contributed by atoms with E-state index in [9.17, 15) is 5.11 Å². The molecular weight excluding hydrogens is 394 g/mol. The Morgan fingerprint density at radius 1 is 1.11 bits per heavy atom. The number of halogens is 1. The first-order chi connectivity index (χ1) is 13.3. The van der Waals surface area contributed by atoms with Crippen LogP contribution < -0.4 is 5.32 Å². The number of H-pyrrole nitrogens is 1. The average Bonchev–Trinajstić information content (AvgIpc) is 3.38. The van der Waals surface area contributed by atoms with Crippen LogP contribution in [0, 0.1) is 0 Å². The zero-order valence-electron chi connectivity index (χ0n) is 14.8. The first kappa shape index (κ1) is 18.6.